The highest BCUT2D eigenvalue weighted by atomic mass is 14.9. The van der Waals surface area contributed by atoms with Gasteiger partial charge in [0.15, 0.2) is 0 Å². The third-order valence-corrected chi connectivity index (χ3v) is 6.11. The minimum atomic E-state index is 0.562. The normalized spacial score (nSPS) is 40.6. The number of rotatable bonds is 4. The molecule has 0 aromatic carbocycles. The van der Waals surface area contributed by atoms with Crippen LogP contribution in [0.2, 0.25) is 0 Å². The lowest BCUT2D eigenvalue weighted by atomic mass is 9.68. The Morgan fingerprint density at radius 1 is 1.07 bits per heavy atom. The van der Waals surface area contributed by atoms with Crippen molar-refractivity contribution < 1.29 is 0 Å². The van der Waals surface area contributed by atoms with Gasteiger partial charge in [0, 0.05) is 0 Å². The Balaban J connectivity index is 2.08. The van der Waals surface area contributed by atoms with Crippen LogP contribution < -0.4 is 0 Å². The van der Waals surface area contributed by atoms with E-state index >= 15 is 0 Å². The minimum Gasteiger partial charge on any atom is -0.0625 e. The SMILES string of the molecule is CC(C)C(C)C12CC1C2C(C)(C)C(C)C. The summed E-state index contributed by atoms with van der Waals surface area (Å²) >= 11 is 0. The molecule has 2 saturated carbocycles. The summed E-state index contributed by atoms with van der Waals surface area (Å²) in [5.41, 5.74) is 1.34. The highest BCUT2D eigenvalue weighted by molar-refractivity contribution is 5.30. The van der Waals surface area contributed by atoms with Gasteiger partial charge in [-0.05, 0) is 46.8 Å². The zero-order valence-electron chi connectivity index (χ0n) is 11.6. The van der Waals surface area contributed by atoms with Crippen molar-refractivity contribution >= 4 is 0 Å². The van der Waals surface area contributed by atoms with Gasteiger partial charge >= 0.3 is 0 Å². The first-order valence-corrected chi connectivity index (χ1v) is 6.76. The molecule has 0 radical (unpaired) electrons. The summed E-state index contributed by atoms with van der Waals surface area (Å²) in [5, 5.41) is 0. The van der Waals surface area contributed by atoms with Crippen molar-refractivity contribution in [1.29, 1.82) is 0 Å². The molecule has 2 aliphatic rings. The molecule has 4 atom stereocenters. The Hall–Kier alpha value is 0. The van der Waals surface area contributed by atoms with Crippen LogP contribution >= 0.6 is 0 Å². The molecule has 15 heavy (non-hydrogen) atoms. The van der Waals surface area contributed by atoms with Gasteiger partial charge in [0.25, 0.3) is 0 Å². The molecule has 0 aromatic rings. The number of hydrogen-bond donors (Lipinski definition) is 0. The fraction of sp³-hybridized carbons (Fsp3) is 1.00. The van der Waals surface area contributed by atoms with Crippen LogP contribution in [0.15, 0.2) is 0 Å². The lowest BCUT2D eigenvalue weighted by molar-refractivity contribution is 0.119. The first-order chi connectivity index (χ1) is 6.76. The van der Waals surface area contributed by atoms with E-state index in [0.29, 0.717) is 5.41 Å². The fourth-order valence-electron chi connectivity index (χ4n) is 3.94. The summed E-state index contributed by atoms with van der Waals surface area (Å²) in [5.74, 6) is 4.75. The van der Waals surface area contributed by atoms with E-state index in [0.717, 1.165) is 35.0 Å². The van der Waals surface area contributed by atoms with Gasteiger partial charge in [-0.1, -0.05) is 48.5 Å². The van der Waals surface area contributed by atoms with E-state index in [9.17, 15) is 0 Å². The van der Waals surface area contributed by atoms with Gasteiger partial charge in [-0.15, -0.1) is 0 Å². The smallest absolute Gasteiger partial charge is 0.0199 e. The van der Waals surface area contributed by atoms with Crippen molar-refractivity contribution in [3.05, 3.63) is 0 Å². The van der Waals surface area contributed by atoms with Gasteiger partial charge in [-0.25, -0.2) is 0 Å². The zero-order chi connectivity index (χ0) is 11.6. The molecule has 0 saturated heterocycles. The minimum absolute atomic E-state index is 0.562. The van der Waals surface area contributed by atoms with Crippen LogP contribution in [0.1, 0.15) is 54.9 Å². The molecule has 88 valence electrons. The molecular weight excluding hydrogens is 180 g/mol. The Morgan fingerprint density at radius 2 is 1.60 bits per heavy atom. The Kier molecular flexibility index (Phi) is 2.31. The molecular formula is C15H28. The van der Waals surface area contributed by atoms with Gasteiger partial charge in [0.2, 0.25) is 0 Å². The maximum Gasteiger partial charge on any atom is -0.0199 e. The first-order valence-electron chi connectivity index (χ1n) is 6.76. The second-order valence-corrected chi connectivity index (χ2v) is 7.41. The highest BCUT2D eigenvalue weighted by Gasteiger charge is 2.83. The molecule has 0 spiro atoms. The Morgan fingerprint density at radius 3 is 1.93 bits per heavy atom. The summed E-state index contributed by atoms with van der Waals surface area (Å²) in [6, 6.07) is 0. The van der Waals surface area contributed by atoms with Crippen LogP contribution in [0.5, 0.6) is 0 Å². The van der Waals surface area contributed by atoms with Crippen molar-refractivity contribution in [2.45, 2.75) is 54.9 Å². The Labute approximate surface area is 95.8 Å². The van der Waals surface area contributed by atoms with Crippen LogP contribution in [0.3, 0.4) is 0 Å². The van der Waals surface area contributed by atoms with E-state index in [-0.39, 0.29) is 0 Å². The fourth-order valence-corrected chi connectivity index (χ4v) is 3.94. The summed E-state index contributed by atoms with van der Waals surface area (Å²) in [7, 11) is 0. The maximum absolute atomic E-state index is 2.49. The van der Waals surface area contributed by atoms with E-state index in [4.69, 9.17) is 0 Å². The largest absolute Gasteiger partial charge is 0.0625 e. The van der Waals surface area contributed by atoms with Gasteiger partial charge in [0.1, 0.15) is 0 Å². The van der Waals surface area contributed by atoms with E-state index in [1.807, 2.05) is 0 Å². The van der Waals surface area contributed by atoms with Crippen LogP contribution in [-0.2, 0) is 0 Å². The third kappa shape index (κ3) is 1.33. The van der Waals surface area contributed by atoms with Crippen LogP contribution in [-0.4, -0.2) is 0 Å². The molecule has 2 fully saturated rings. The molecule has 0 nitrogen and oxygen atoms in total. The molecule has 0 amide bonds. The van der Waals surface area contributed by atoms with Crippen molar-refractivity contribution in [2.75, 3.05) is 0 Å². The summed E-state index contributed by atoms with van der Waals surface area (Å²) in [6.07, 6.45) is 1.53. The molecule has 0 aromatic heterocycles. The van der Waals surface area contributed by atoms with Crippen LogP contribution in [0.25, 0.3) is 0 Å². The molecule has 0 heterocycles. The van der Waals surface area contributed by atoms with E-state index in [2.05, 4.69) is 48.5 Å². The van der Waals surface area contributed by atoms with Gasteiger partial charge in [-0.3, -0.25) is 0 Å². The van der Waals surface area contributed by atoms with E-state index in [1.54, 1.807) is 0 Å². The highest BCUT2D eigenvalue weighted by Crippen LogP contribution is 2.88. The van der Waals surface area contributed by atoms with Crippen LogP contribution in [0.4, 0.5) is 0 Å². The average Bonchev–Trinajstić information content (AvgIpc) is 2.88. The van der Waals surface area contributed by atoms with Crippen molar-refractivity contribution in [2.24, 2.45) is 40.4 Å². The van der Waals surface area contributed by atoms with E-state index < -0.39 is 0 Å². The van der Waals surface area contributed by atoms with Crippen molar-refractivity contribution in [1.82, 2.24) is 0 Å². The van der Waals surface area contributed by atoms with Crippen molar-refractivity contribution in [3.63, 3.8) is 0 Å². The molecule has 2 rings (SSSR count). The molecule has 0 aliphatic heterocycles. The monoisotopic (exact) mass is 208 g/mol. The van der Waals surface area contributed by atoms with Gasteiger partial charge < -0.3 is 0 Å². The zero-order valence-corrected chi connectivity index (χ0v) is 11.6. The Bertz CT molecular complexity index is 261. The maximum atomic E-state index is 2.49. The van der Waals surface area contributed by atoms with Crippen LogP contribution in [0, 0.1) is 40.4 Å². The number of fused-ring (bicyclic) bond motifs is 1. The molecule has 4 unspecified atom stereocenters. The summed E-state index contributed by atoms with van der Waals surface area (Å²) in [6.45, 7) is 17.0. The lowest BCUT2D eigenvalue weighted by Crippen LogP contribution is -2.30. The lowest BCUT2D eigenvalue weighted by Gasteiger charge is -2.36. The topological polar surface area (TPSA) is 0 Å². The van der Waals surface area contributed by atoms with Gasteiger partial charge in [0.05, 0.1) is 0 Å². The molecule has 0 heteroatoms. The molecule has 2 aliphatic carbocycles. The third-order valence-electron chi connectivity index (χ3n) is 6.11. The predicted octanol–water partition coefficient (Wildman–Crippen LogP) is 4.60. The van der Waals surface area contributed by atoms with E-state index in [1.165, 1.54) is 6.42 Å². The van der Waals surface area contributed by atoms with Gasteiger partial charge in [-0.2, -0.15) is 0 Å². The molecule has 0 N–H and O–H groups in total. The second kappa shape index (κ2) is 3.02. The number of hydrogen-bond acceptors (Lipinski definition) is 0. The summed E-state index contributed by atoms with van der Waals surface area (Å²) in [4.78, 5) is 0. The standard InChI is InChI=1S/C15H28/c1-9(2)11(5)15-8-12(15)13(15)14(6,7)10(3)4/h9-13H,8H2,1-7H3. The van der Waals surface area contributed by atoms with Crippen molar-refractivity contribution in [3.8, 4) is 0 Å². The second-order valence-electron chi connectivity index (χ2n) is 7.41. The first kappa shape index (κ1) is 11.5. The quantitative estimate of drug-likeness (QED) is 0.633. The summed E-state index contributed by atoms with van der Waals surface area (Å²) < 4.78 is 0. The predicted molar refractivity (Wildman–Crippen MR) is 66.7 cm³/mol. The average molecular weight is 208 g/mol. The molecule has 0 bridgehead atoms.